The van der Waals surface area contributed by atoms with Gasteiger partial charge in [-0.2, -0.15) is 0 Å². The fourth-order valence-electron chi connectivity index (χ4n) is 3.26. The number of hydrogen-bond acceptors (Lipinski definition) is 3. The van der Waals surface area contributed by atoms with Gasteiger partial charge in [-0.1, -0.05) is 0 Å². The van der Waals surface area contributed by atoms with Crippen molar-refractivity contribution in [2.75, 3.05) is 13.1 Å². The Kier molecular flexibility index (Phi) is 6.54. The zero-order valence-electron chi connectivity index (χ0n) is 14.8. The van der Waals surface area contributed by atoms with Crippen molar-refractivity contribution in [3.8, 4) is 0 Å². The predicted octanol–water partition coefficient (Wildman–Crippen LogP) is 4.79. The molecule has 0 aliphatic heterocycles. The van der Waals surface area contributed by atoms with Gasteiger partial charge in [-0.15, -0.1) is 0 Å². The van der Waals surface area contributed by atoms with E-state index in [-0.39, 0.29) is 0 Å². The topological polar surface area (TPSA) is 43.7 Å². The molecule has 0 heterocycles. The average molecular weight is 347 g/mol. The summed E-state index contributed by atoms with van der Waals surface area (Å²) in [6.45, 7) is 5.59. The Morgan fingerprint density at radius 2 is 1.08 bits per heavy atom. The second-order valence-corrected chi connectivity index (χ2v) is 10.5. The summed E-state index contributed by atoms with van der Waals surface area (Å²) in [7, 11) is -4.06. The Morgan fingerprint density at radius 3 is 1.42 bits per heavy atom. The molecule has 0 aliphatic rings. The van der Waals surface area contributed by atoms with Gasteiger partial charge < -0.3 is 0 Å². The molecular formula is C20H30NO2P. The molecule has 2 N–H and O–H groups in total. The molecule has 24 heavy (non-hydrogen) atoms. The van der Waals surface area contributed by atoms with Gasteiger partial charge in [-0.3, -0.25) is 0 Å². The first-order chi connectivity index (χ1) is 11.5. The number of benzene rings is 2. The van der Waals surface area contributed by atoms with Crippen LogP contribution < -0.4 is 0 Å². The van der Waals surface area contributed by atoms with E-state index in [4.69, 9.17) is 0 Å². The van der Waals surface area contributed by atoms with Crippen molar-refractivity contribution in [2.45, 2.75) is 39.0 Å². The summed E-state index contributed by atoms with van der Waals surface area (Å²) >= 11 is 0. The van der Waals surface area contributed by atoms with Crippen LogP contribution >= 0.6 is 7.21 Å². The van der Waals surface area contributed by atoms with Gasteiger partial charge in [0.15, 0.2) is 0 Å². The SMILES string of the molecule is CCCN(CCC)P(O)(O)(Cc1ccccc1)Cc1ccccc1. The molecule has 0 saturated heterocycles. The van der Waals surface area contributed by atoms with E-state index in [0.717, 1.165) is 24.0 Å². The molecule has 0 radical (unpaired) electrons. The molecule has 2 aromatic carbocycles. The molecule has 0 amide bonds. The summed E-state index contributed by atoms with van der Waals surface area (Å²) in [5.41, 5.74) is 1.96. The maximum absolute atomic E-state index is 11.7. The van der Waals surface area contributed by atoms with Crippen molar-refractivity contribution < 1.29 is 9.79 Å². The molecule has 0 aromatic heterocycles. The first-order valence-corrected chi connectivity index (χ1v) is 11.3. The zero-order chi connectivity index (χ0) is 17.5. The quantitative estimate of drug-likeness (QED) is 0.641. The van der Waals surface area contributed by atoms with Crippen molar-refractivity contribution in [2.24, 2.45) is 0 Å². The molecule has 132 valence electrons. The van der Waals surface area contributed by atoms with Gasteiger partial charge in [0.1, 0.15) is 0 Å². The van der Waals surface area contributed by atoms with Crippen LogP contribution in [0.5, 0.6) is 0 Å². The van der Waals surface area contributed by atoms with Gasteiger partial charge in [0.25, 0.3) is 0 Å². The molecule has 0 unspecified atom stereocenters. The summed E-state index contributed by atoms with van der Waals surface area (Å²) in [5.74, 6) is 0. The minimum absolute atomic E-state index is 0.307. The molecule has 0 aliphatic carbocycles. The summed E-state index contributed by atoms with van der Waals surface area (Å²) in [5, 5.41) is 0. The monoisotopic (exact) mass is 347 g/mol. The van der Waals surface area contributed by atoms with Gasteiger partial charge in [0, 0.05) is 0 Å². The second-order valence-electron chi connectivity index (χ2n) is 6.58. The van der Waals surface area contributed by atoms with Crippen LogP contribution in [0.15, 0.2) is 60.7 Å². The van der Waals surface area contributed by atoms with E-state index in [0.29, 0.717) is 25.4 Å². The molecule has 3 nitrogen and oxygen atoms in total. The van der Waals surface area contributed by atoms with Crippen molar-refractivity contribution in [3.05, 3.63) is 71.8 Å². The third kappa shape index (κ3) is 4.87. The van der Waals surface area contributed by atoms with Crippen LogP contribution in [-0.4, -0.2) is 27.5 Å². The first kappa shape index (κ1) is 19.1. The summed E-state index contributed by atoms with van der Waals surface area (Å²) in [4.78, 5) is 23.4. The van der Waals surface area contributed by atoms with Crippen LogP contribution in [0.4, 0.5) is 0 Å². The molecular weight excluding hydrogens is 317 g/mol. The first-order valence-electron chi connectivity index (χ1n) is 8.81. The van der Waals surface area contributed by atoms with E-state index in [9.17, 15) is 9.79 Å². The van der Waals surface area contributed by atoms with Crippen molar-refractivity contribution in [3.63, 3.8) is 0 Å². The average Bonchev–Trinajstić information content (AvgIpc) is 2.56. The van der Waals surface area contributed by atoms with E-state index in [1.165, 1.54) is 0 Å². The molecule has 0 atom stereocenters. The Balaban J connectivity index is 2.41. The Hall–Kier alpha value is -1.25. The van der Waals surface area contributed by atoms with E-state index in [1.54, 1.807) is 0 Å². The Bertz CT molecular complexity index is 565. The van der Waals surface area contributed by atoms with Gasteiger partial charge in [-0.05, 0) is 0 Å². The Labute approximate surface area is 146 Å². The van der Waals surface area contributed by atoms with Crippen LogP contribution in [0.25, 0.3) is 0 Å². The van der Waals surface area contributed by atoms with Crippen molar-refractivity contribution >= 4 is 7.21 Å². The summed E-state index contributed by atoms with van der Waals surface area (Å²) < 4.78 is 1.96. The standard InChI is InChI=1S/C20H30NO2P/c1-3-15-21(16-4-2)24(22,23,17-19-11-7-5-8-12-19)18-20-13-9-6-10-14-20/h5-14,22-23H,3-4,15-18H2,1-2H3. The van der Waals surface area contributed by atoms with E-state index < -0.39 is 7.21 Å². The van der Waals surface area contributed by atoms with E-state index in [1.807, 2.05) is 65.3 Å². The molecule has 0 bridgehead atoms. The number of rotatable bonds is 9. The zero-order valence-corrected chi connectivity index (χ0v) is 15.7. The molecule has 4 heteroatoms. The van der Waals surface area contributed by atoms with Crippen LogP contribution in [0, 0.1) is 0 Å². The Morgan fingerprint density at radius 1 is 0.708 bits per heavy atom. The van der Waals surface area contributed by atoms with Crippen molar-refractivity contribution in [1.29, 1.82) is 0 Å². The third-order valence-electron chi connectivity index (χ3n) is 4.32. The van der Waals surface area contributed by atoms with Crippen molar-refractivity contribution in [1.82, 2.24) is 4.67 Å². The molecule has 2 rings (SSSR count). The van der Waals surface area contributed by atoms with Gasteiger partial charge >= 0.3 is 146 Å². The van der Waals surface area contributed by atoms with Crippen LogP contribution in [0.1, 0.15) is 37.8 Å². The van der Waals surface area contributed by atoms with Crippen LogP contribution in [-0.2, 0) is 12.3 Å². The fraction of sp³-hybridized carbons (Fsp3) is 0.400. The number of hydrogen-bond donors (Lipinski definition) is 2. The molecule has 0 fully saturated rings. The van der Waals surface area contributed by atoms with Crippen LogP contribution in [0.2, 0.25) is 0 Å². The fourth-order valence-corrected chi connectivity index (χ4v) is 7.01. The molecule has 0 spiro atoms. The van der Waals surface area contributed by atoms with Crippen LogP contribution in [0.3, 0.4) is 0 Å². The minimum atomic E-state index is -4.06. The normalized spacial score (nSPS) is 13.6. The van der Waals surface area contributed by atoms with Gasteiger partial charge in [0.05, 0.1) is 0 Å². The third-order valence-corrected chi connectivity index (χ3v) is 8.05. The summed E-state index contributed by atoms with van der Waals surface area (Å²) in [6.07, 6.45) is 2.42. The predicted molar refractivity (Wildman–Crippen MR) is 104 cm³/mol. The molecule has 2 aromatic rings. The van der Waals surface area contributed by atoms with E-state index in [2.05, 4.69) is 13.8 Å². The van der Waals surface area contributed by atoms with E-state index >= 15 is 0 Å². The maximum atomic E-state index is 11.7. The van der Waals surface area contributed by atoms with Gasteiger partial charge in [0.2, 0.25) is 0 Å². The number of nitrogens with zero attached hydrogens (tertiary/aromatic N) is 1. The van der Waals surface area contributed by atoms with Gasteiger partial charge in [-0.25, -0.2) is 0 Å². The molecule has 0 saturated carbocycles. The summed E-state index contributed by atoms with van der Waals surface area (Å²) in [6, 6.07) is 19.7. The second kappa shape index (κ2) is 8.22.